The molecule has 0 saturated carbocycles. The highest BCUT2D eigenvalue weighted by atomic mass is 35.5. The molecule has 2 nitrogen and oxygen atoms in total. The van der Waals surface area contributed by atoms with Crippen molar-refractivity contribution in [1.29, 1.82) is 0 Å². The monoisotopic (exact) mass is 275 g/mol. The van der Waals surface area contributed by atoms with E-state index in [1.165, 1.54) is 0 Å². The van der Waals surface area contributed by atoms with E-state index < -0.39 is 0 Å². The molecule has 0 saturated heterocycles. The maximum Gasteiger partial charge on any atom is 0.212 e. The number of rotatable bonds is 2. The molecule has 16 heavy (non-hydrogen) atoms. The van der Waals surface area contributed by atoms with Crippen LogP contribution in [0.3, 0.4) is 0 Å². The van der Waals surface area contributed by atoms with Gasteiger partial charge in [0.1, 0.15) is 5.38 Å². The molecule has 0 N–H and O–H groups in total. The van der Waals surface area contributed by atoms with Crippen LogP contribution in [0.5, 0.6) is 0 Å². The largest absolute Gasteiger partial charge is 0.439 e. The first-order chi connectivity index (χ1) is 7.58. The molecule has 1 aromatic carbocycles. The fraction of sp³-hybridized carbons (Fsp3) is 0.182. The lowest BCUT2D eigenvalue weighted by molar-refractivity contribution is 0.508. The van der Waals surface area contributed by atoms with E-state index in [4.69, 9.17) is 39.2 Å². The van der Waals surface area contributed by atoms with Crippen molar-refractivity contribution in [1.82, 2.24) is 4.98 Å². The Hall–Kier alpha value is -0.700. The molecule has 2 aromatic rings. The minimum absolute atomic E-state index is 0.253. The van der Waals surface area contributed by atoms with Crippen LogP contribution in [-0.2, 0) is 0 Å². The van der Waals surface area contributed by atoms with E-state index in [1.807, 2.05) is 6.07 Å². The number of benzene rings is 1. The molecule has 1 aromatic heterocycles. The third-order valence-corrected chi connectivity index (χ3v) is 2.99. The molecule has 1 unspecified atom stereocenters. The molecule has 0 fully saturated rings. The van der Waals surface area contributed by atoms with Crippen molar-refractivity contribution in [2.75, 3.05) is 0 Å². The summed E-state index contributed by atoms with van der Waals surface area (Å²) in [5.41, 5.74) is 0.825. The average molecular weight is 277 g/mol. The summed E-state index contributed by atoms with van der Waals surface area (Å²) >= 11 is 17.6. The number of hydrogen-bond acceptors (Lipinski definition) is 2. The van der Waals surface area contributed by atoms with Crippen LogP contribution in [0, 0.1) is 0 Å². The first kappa shape index (κ1) is 11.8. The van der Waals surface area contributed by atoms with Gasteiger partial charge in [0.15, 0.2) is 5.76 Å². The number of nitrogens with zero attached hydrogens (tertiary/aromatic N) is 1. The lowest BCUT2D eigenvalue weighted by atomic mass is 10.2. The van der Waals surface area contributed by atoms with Crippen molar-refractivity contribution >= 4 is 34.8 Å². The number of aromatic nitrogens is 1. The van der Waals surface area contributed by atoms with Gasteiger partial charge < -0.3 is 4.42 Å². The zero-order valence-electron chi connectivity index (χ0n) is 8.38. The van der Waals surface area contributed by atoms with Gasteiger partial charge in [-0.3, -0.25) is 0 Å². The Morgan fingerprint density at radius 1 is 1.25 bits per heavy atom. The van der Waals surface area contributed by atoms with Crippen molar-refractivity contribution < 1.29 is 4.42 Å². The molecule has 0 aliphatic rings. The topological polar surface area (TPSA) is 26.0 Å². The minimum Gasteiger partial charge on any atom is -0.439 e. The van der Waals surface area contributed by atoms with Crippen LogP contribution in [0.1, 0.15) is 18.2 Å². The second kappa shape index (κ2) is 4.66. The molecule has 0 radical (unpaired) electrons. The number of alkyl halides is 1. The first-order valence-corrected chi connectivity index (χ1v) is 5.82. The van der Waals surface area contributed by atoms with Gasteiger partial charge in [0, 0.05) is 5.56 Å². The second-order valence-electron chi connectivity index (χ2n) is 3.31. The summed E-state index contributed by atoms with van der Waals surface area (Å²) in [6.45, 7) is 1.80. The Kier molecular flexibility index (Phi) is 3.43. The highest BCUT2D eigenvalue weighted by Gasteiger charge is 2.11. The number of oxazole rings is 1. The molecule has 84 valence electrons. The predicted molar refractivity (Wildman–Crippen MR) is 66.2 cm³/mol. The fourth-order valence-electron chi connectivity index (χ4n) is 1.25. The molecule has 0 bridgehead atoms. The molecule has 0 amide bonds. The highest BCUT2D eigenvalue weighted by molar-refractivity contribution is 6.42. The van der Waals surface area contributed by atoms with E-state index in [9.17, 15) is 0 Å². The summed E-state index contributed by atoms with van der Waals surface area (Å²) in [7, 11) is 0. The van der Waals surface area contributed by atoms with Gasteiger partial charge in [-0.1, -0.05) is 23.2 Å². The fourth-order valence-corrected chi connectivity index (χ4v) is 1.65. The maximum absolute atomic E-state index is 5.91. The van der Waals surface area contributed by atoms with Crippen LogP contribution in [0.25, 0.3) is 11.3 Å². The van der Waals surface area contributed by atoms with E-state index in [0.29, 0.717) is 21.7 Å². The summed E-state index contributed by atoms with van der Waals surface area (Å²) in [6.07, 6.45) is 1.62. The molecule has 5 heteroatoms. The summed E-state index contributed by atoms with van der Waals surface area (Å²) in [5.74, 6) is 1.11. The van der Waals surface area contributed by atoms with Gasteiger partial charge in [0.05, 0.1) is 16.2 Å². The second-order valence-corrected chi connectivity index (χ2v) is 4.78. The van der Waals surface area contributed by atoms with Crippen LogP contribution in [0.4, 0.5) is 0 Å². The van der Waals surface area contributed by atoms with Gasteiger partial charge in [-0.2, -0.15) is 0 Å². The van der Waals surface area contributed by atoms with Gasteiger partial charge in [-0.15, -0.1) is 11.6 Å². The Morgan fingerprint density at radius 3 is 2.56 bits per heavy atom. The number of halogens is 3. The van der Waals surface area contributed by atoms with Crippen molar-refractivity contribution in [3.8, 4) is 11.3 Å². The lowest BCUT2D eigenvalue weighted by Gasteiger charge is -1.99. The Balaban J connectivity index is 2.39. The SMILES string of the molecule is CC(Cl)c1ncc(-c2ccc(Cl)c(Cl)c2)o1. The summed E-state index contributed by atoms with van der Waals surface area (Å²) in [6, 6.07) is 5.26. The molecule has 2 rings (SSSR count). The zero-order valence-corrected chi connectivity index (χ0v) is 10.6. The van der Waals surface area contributed by atoms with Crippen molar-refractivity contribution in [2.45, 2.75) is 12.3 Å². The summed E-state index contributed by atoms with van der Waals surface area (Å²) < 4.78 is 5.48. The highest BCUT2D eigenvalue weighted by Crippen LogP contribution is 2.30. The van der Waals surface area contributed by atoms with E-state index >= 15 is 0 Å². The van der Waals surface area contributed by atoms with E-state index in [2.05, 4.69) is 4.98 Å². The quantitative estimate of drug-likeness (QED) is 0.725. The Morgan fingerprint density at radius 2 is 2.00 bits per heavy atom. The van der Waals surface area contributed by atoms with Crippen LogP contribution < -0.4 is 0 Å². The third-order valence-electron chi connectivity index (χ3n) is 2.07. The van der Waals surface area contributed by atoms with Gasteiger partial charge in [-0.05, 0) is 25.1 Å². The summed E-state index contributed by atoms with van der Waals surface area (Å²) in [4.78, 5) is 4.07. The van der Waals surface area contributed by atoms with Crippen LogP contribution >= 0.6 is 34.8 Å². The molecule has 0 spiro atoms. The zero-order chi connectivity index (χ0) is 11.7. The molecule has 0 aliphatic heterocycles. The molecular formula is C11H8Cl3NO. The van der Waals surface area contributed by atoms with Gasteiger partial charge in [0.25, 0.3) is 0 Å². The normalized spacial score (nSPS) is 12.8. The lowest BCUT2D eigenvalue weighted by Crippen LogP contribution is -1.80. The third kappa shape index (κ3) is 2.34. The van der Waals surface area contributed by atoms with Crippen LogP contribution in [0.15, 0.2) is 28.8 Å². The van der Waals surface area contributed by atoms with E-state index in [0.717, 1.165) is 5.56 Å². The first-order valence-electron chi connectivity index (χ1n) is 4.63. The average Bonchev–Trinajstić information content (AvgIpc) is 2.71. The van der Waals surface area contributed by atoms with Crippen molar-refractivity contribution in [2.24, 2.45) is 0 Å². The predicted octanol–water partition coefficient (Wildman–Crippen LogP) is 4.95. The summed E-state index contributed by atoms with van der Waals surface area (Å²) in [5, 5.41) is 0.739. The van der Waals surface area contributed by atoms with Gasteiger partial charge in [-0.25, -0.2) is 4.98 Å². The Labute approximate surface area is 108 Å². The number of hydrogen-bond donors (Lipinski definition) is 0. The van der Waals surface area contributed by atoms with Crippen molar-refractivity contribution in [3.63, 3.8) is 0 Å². The maximum atomic E-state index is 5.91. The van der Waals surface area contributed by atoms with E-state index in [1.54, 1.807) is 25.3 Å². The standard InChI is InChI=1S/C11H8Cl3NO/c1-6(12)11-15-5-10(16-11)7-2-3-8(13)9(14)4-7/h2-6H,1H3. The van der Waals surface area contributed by atoms with Gasteiger partial charge in [0.2, 0.25) is 5.89 Å². The van der Waals surface area contributed by atoms with Crippen LogP contribution in [0.2, 0.25) is 10.0 Å². The van der Waals surface area contributed by atoms with Crippen LogP contribution in [-0.4, -0.2) is 4.98 Å². The Bertz CT molecular complexity index is 508. The molecule has 0 aliphatic carbocycles. The van der Waals surface area contributed by atoms with E-state index in [-0.39, 0.29) is 5.38 Å². The molecule has 1 atom stereocenters. The smallest absolute Gasteiger partial charge is 0.212 e. The van der Waals surface area contributed by atoms with Gasteiger partial charge >= 0.3 is 0 Å². The minimum atomic E-state index is -0.253. The molecular weight excluding hydrogens is 268 g/mol. The van der Waals surface area contributed by atoms with Crippen molar-refractivity contribution in [3.05, 3.63) is 40.3 Å². The molecule has 1 heterocycles.